The molecule has 0 fully saturated rings. The SMILES string of the molecule is CC(Sc1ccc([N+](=O)[O-])cc1)C(=O)NC(C)(CN)C(C)C. The Balaban J connectivity index is 2.70. The summed E-state index contributed by atoms with van der Waals surface area (Å²) in [4.78, 5) is 23.3. The van der Waals surface area contributed by atoms with Crippen molar-refractivity contribution in [3.63, 3.8) is 0 Å². The Morgan fingerprint density at radius 1 is 1.36 bits per heavy atom. The van der Waals surface area contributed by atoms with E-state index in [0.29, 0.717) is 6.54 Å². The summed E-state index contributed by atoms with van der Waals surface area (Å²) >= 11 is 1.36. The summed E-state index contributed by atoms with van der Waals surface area (Å²) in [7, 11) is 0. The van der Waals surface area contributed by atoms with Crippen LogP contribution in [-0.2, 0) is 4.79 Å². The first-order chi connectivity index (χ1) is 10.2. The normalized spacial score (nSPS) is 15.2. The van der Waals surface area contributed by atoms with Crippen molar-refractivity contribution in [3.8, 4) is 0 Å². The molecule has 7 heteroatoms. The second-order valence-corrected chi connectivity index (χ2v) is 7.19. The highest BCUT2D eigenvalue weighted by Crippen LogP contribution is 2.26. The molecule has 2 atom stereocenters. The van der Waals surface area contributed by atoms with Gasteiger partial charge in [0.05, 0.1) is 15.7 Å². The summed E-state index contributed by atoms with van der Waals surface area (Å²) < 4.78 is 0. The smallest absolute Gasteiger partial charge is 0.269 e. The number of thioether (sulfide) groups is 1. The molecular weight excluding hydrogens is 302 g/mol. The summed E-state index contributed by atoms with van der Waals surface area (Å²) in [6.07, 6.45) is 0. The Labute approximate surface area is 135 Å². The first kappa shape index (κ1) is 18.4. The van der Waals surface area contributed by atoms with E-state index in [1.54, 1.807) is 19.1 Å². The van der Waals surface area contributed by atoms with Crippen molar-refractivity contribution in [3.05, 3.63) is 34.4 Å². The number of carbonyl (C=O) groups is 1. The van der Waals surface area contributed by atoms with Gasteiger partial charge in [-0.05, 0) is 31.9 Å². The minimum Gasteiger partial charge on any atom is -0.348 e. The fraction of sp³-hybridized carbons (Fsp3) is 0.533. The molecule has 0 heterocycles. The molecule has 0 saturated carbocycles. The third-order valence-electron chi connectivity index (χ3n) is 3.84. The first-order valence-corrected chi connectivity index (χ1v) is 8.00. The predicted molar refractivity (Wildman–Crippen MR) is 88.9 cm³/mol. The number of nitro benzene ring substituents is 1. The molecule has 0 bridgehead atoms. The monoisotopic (exact) mass is 325 g/mol. The molecule has 6 nitrogen and oxygen atoms in total. The van der Waals surface area contributed by atoms with Crippen LogP contribution in [0.15, 0.2) is 29.2 Å². The van der Waals surface area contributed by atoms with Gasteiger partial charge in [-0.15, -0.1) is 11.8 Å². The summed E-state index contributed by atoms with van der Waals surface area (Å²) in [6.45, 7) is 8.13. The topological polar surface area (TPSA) is 98.3 Å². The van der Waals surface area contributed by atoms with Crippen LogP contribution in [0.25, 0.3) is 0 Å². The molecule has 0 spiro atoms. The van der Waals surface area contributed by atoms with Gasteiger partial charge in [0.2, 0.25) is 5.91 Å². The Bertz CT molecular complexity index is 533. The van der Waals surface area contributed by atoms with Crippen LogP contribution >= 0.6 is 11.8 Å². The van der Waals surface area contributed by atoms with Crippen molar-refractivity contribution in [2.75, 3.05) is 6.54 Å². The van der Waals surface area contributed by atoms with Crippen LogP contribution < -0.4 is 11.1 Å². The second kappa shape index (κ2) is 7.60. The van der Waals surface area contributed by atoms with Gasteiger partial charge in [-0.25, -0.2) is 0 Å². The van der Waals surface area contributed by atoms with Crippen LogP contribution in [0.1, 0.15) is 27.7 Å². The fourth-order valence-electron chi connectivity index (χ4n) is 1.72. The number of benzene rings is 1. The largest absolute Gasteiger partial charge is 0.348 e. The highest BCUT2D eigenvalue weighted by atomic mass is 32.2. The van der Waals surface area contributed by atoms with E-state index >= 15 is 0 Å². The minimum absolute atomic E-state index is 0.0389. The van der Waals surface area contributed by atoms with E-state index < -0.39 is 10.5 Å². The number of rotatable bonds is 7. The lowest BCUT2D eigenvalue weighted by atomic mass is 9.88. The van der Waals surface area contributed by atoms with Crippen molar-refractivity contribution < 1.29 is 9.72 Å². The molecule has 0 aliphatic rings. The quantitative estimate of drug-likeness (QED) is 0.456. The van der Waals surface area contributed by atoms with Gasteiger partial charge in [-0.1, -0.05) is 13.8 Å². The first-order valence-electron chi connectivity index (χ1n) is 7.13. The van der Waals surface area contributed by atoms with E-state index in [4.69, 9.17) is 5.73 Å². The van der Waals surface area contributed by atoms with Gasteiger partial charge in [0.25, 0.3) is 5.69 Å². The molecule has 122 valence electrons. The number of carbonyl (C=O) groups excluding carboxylic acids is 1. The van der Waals surface area contributed by atoms with E-state index in [1.807, 2.05) is 20.8 Å². The Morgan fingerprint density at radius 2 is 1.91 bits per heavy atom. The summed E-state index contributed by atoms with van der Waals surface area (Å²) in [6, 6.07) is 6.17. The average molecular weight is 325 g/mol. The van der Waals surface area contributed by atoms with Gasteiger partial charge in [0.15, 0.2) is 0 Å². The lowest BCUT2D eigenvalue weighted by Crippen LogP contribution is -2.56. The maximum absolute atomic E-state index is 12.3. The zero-order valence-electron chi connectivity index (χ0n) is 13.3. The second-order valence-electron chi connectivity index (χ2n) is 5.78. The fourth-order valence-corrected chi connectivity index (χ4v) is 2.59. The van der Waals surface area contributed by atoms with Gasteiger partial charge in [-0.3, -0.25) is 14.9 Å². The van der Waals surface area contributed by atoms with Gasteiger partial charge in [-0.2, -0.15) is 0 Å². The number of nitrogens with two attached hydrogens (primary N) is 1. The molecule has 0 aromatic heterocycles. The maximum Gasteiger partial charge on any atom is 0.269 e. The van der Waals surface area contributed by atoms with Crippen LogP contribution in [-0.4, -0.2) is 28.2 Å². The average Bonchev–Trinajstić information content (AvgIpc) is 2.47. The number of nitrogens with zero attached hydrogens (tertiary/aromatic N) is 1. The van der Waals surface area contributed by atoms with Crippen LogP contribution in [0.2, 0.25) is 0 Å². The van der Waals surface area contributed by atoms with E-state index in [-0.39, 0.29) is 22.8 Å². The molecule has 1 rings (SSSR count). The van der Waals surface area contributed by atoms with Crippen molar-refractivity contribution in [1.82, 2.24) is 5.32 Å². The van der Waals surface area contributed by atoms with Crippen LogP contribution in [0.4, 0.5) is 5.69 Å². The van der Waals surface area contributed by atoms with E-state index in [1.165, 1.54) is 23.9 Å². The lowest BCUT2D eigenvalue weighted by molar-refractivity contribution is -0.384. The van der Waals surface area contributed by atoms with Crippen LogP contribution in [0.3, 0.4) is 0 Å². The summed E-state index contributed by atoms with van der Waals surface area (Å²) in [5.74, 6) is 0.128. The van der Waals surface area contributed by atoms with E-state index in [2.05, 4.69) is 5.32 Å². The zero-order valence-corrected chi connectivity index (χ0v) is 14.1. The number of hydrogen-bond donors (Lipinski definition) is 2. The van der Waals surface area contributed by atoms with Gasteiger partial charge < -0.3 is 11.1 Å². The molecule has 1 aromatic rings. The van der Waals surface area contributed by atoms with Crippen LogP contribution in [0, 0.1) is 16.0 Å². The molecule has 0 aliphatic carbocycles. The number of nitrogens with one attached hydrogen (secondary N) is 1. The molecule has 0 radical (unpaired) electrons. The van der Waals surface area contributed by atoms with Crippen molar-refractivity contribution in [2.24, 2.45) is 11.7 Å². The minimum atomic E-state index is -0.445. The standard InChI is InChI=1S/C15H23N3O3S/c1-10(2)15(4,9-16)17-14(19)11(3)22-13-7-5-12(6-8-13)18(20)21/h5-8,10-11H,9,16H2,1-4H3,(H,17,19). The molecule has 1 amide bonds. The van der Waals surface area contributed by atoms with Crippen LogP contribution in [0.5, 0.6) is 0 Å². The highest BCUT2D eigenvalue weighted by molar-refractivity contribution is 8.00. The molecule has 22 heavy (non-hydrogen) atoms. The molecule has 1 aromatic carbocycles. The summed E-state index contributed by atoms with van der Waals surface area (Å²) in [5.41, 5.74) is 5.36. The third kappa shape index (κ3) is 4.71. The molecule has 0 saturated heterocycles. The van der Waals surface area contributed by atoms with E-state index in [0.717, 1.165) is 4.90 Å². The Kier molecular flexibility index (Phi) is 6.37. The van der Waals surface area contributed by atoms with Gasteiger partial charge in [0.1, 0.15) is 0 Å². The number of nitro groups is 1. The molecule has 2 unspecified atom stereocenters. The summed E-state index contributed by atoms with van der Waals surface area (Å²) in [5, 5.41) is 13.3. The van der Waals surface area contributed by atoms with Crippen molar-refractivity contribution in [2.45, 2.75) is 43.4 Å². The zero-order chi connectivity index (χ0) is 16.9. The number of amides is 1. The molecule has 0 aliphatic heterocycles. The molecular formula is C15H23N3O3S. The maximum atomic E-state index is 12.3. The van der Waals surface area contributed by atoms with E-state index in [9.17, 15) is 14.9 Å². The number of hydrogen-bond acceptors (Lipinski definition) is 5. The Morgan fingerprint density at radius 3 is 2.32 bits per heavy atom. The lowest BCUT2D eigenvalue weighted by Gasteiger charge is -2.34. The predicted octanol–water partition coefficient (Wildman–Crippen LogP) is 2.57. The van der Waals surface area contributed by atoms with Gasteiger partial charge >= 0.3 is 0 Å². The third-order valence-corrected chi connectivity index (χ3v) is 4.95. The molecule has 3 N–H and O–H groups in total. The van der Waals surface area contributed by atoms with Crippen molar-refractivity contribution >= 4 is 23.4 Å². The Hall–Kier alpha value is -1.60. The van der Waals surface area contributed by atoms with Crippen molar-refractivity contribution in [1.29, 1.82) is 0 Å². The van der Waals surface area contributed by atoms with Gasteiger partial charge in [0, 0.05) is 23.6 Å². The number of non-ortho nitro benzene ring substituents is 1. The highest BCUT2D eigenvalue weighted by Gasteiger charge is 2.30.